The van der Waals surface area contributed by atoms with Gasteiger partial charge in [0.2, 0.25) is 5.91 Å². The van der Waals surface area contributed by atoms with Gasteiger partial charge in [-0.3, -0.25) is 14.5 Å². The molecule has 0 bridgehead atoms. The first-order valence-corrected chi connectivity index (χ1v) is 10.6. The van der Waals surface area contributed by atoms with Gasteiger partial charge < -0.3 is 14.8 Å². The largest absolute Gasteiger partial charge is 0.469 e. The van der Waals surface area contributed by atoms with Gasteiger partial charge in [0, 0.05) is 12.1 Å². The molecule has 1 N–H and O–H groups in total. The van der Waals surface area contributed by atoms with E-state index in [4.69, 9.17) is 9.47 Å². The van der Waals surface area contributed by atoms with Crippen LogP contribution in [0.1, 0.15) is 64.9 Å². The fourth-order valence-corrected chi connectivity index (χ4v) is 3.67. The molecule has 1 saturated carbocycles. The molecule has 0 aromatic heterocycles. The molecule has 0 saturated heterocycles. The molecule has 30 heavy (non-hydrogen) atoms. The van der Waals surface area contributed by atoms with Gasteiger partial charge in [-0.2, -0.15) is 0 Å². The highest BCUT2D eigenvalue weighted by molar-refractivity contribution is 5.95. The van der Waals surface area contributed by atoms with E-state index in [2.05, 4.69) is 5.32 Å². The molecule has 0 atom stereocenters. The van der Waals surface area contributed by atoms with Crippen LogP contribution in [-0.4, -0.2) is 37.3 Å². The van der Waals surface area contributed by atoms with E-state index in [1.807, 2.05) is 12.1 Å². The van der Waals surface area contributed by atoms with Crippen molar-refractivity contribution >= 4 is 23.7 Å². The number of anilines is 1. The maximum Gasteiger partial charge on any atom is 0.409 e. The second-order valence-electron chi connectivity index (χ2n) is 8.75. The van der Waals surface area contributed by atoms with Crippen molar-refractivity contribution in [3.05, 3.63) is 29.8 Å². The first-order valence-electron chi connectivity index (χ1n) is 10.6. The average molecular weight is 419 g/mol. The number of carbonyl (C=O) groups is 3. The van der Waals surface area contributed by atoms with E-state index in [9.17, 15) is 14.4 Å². The molecule has 7 heteroatoms. The third-order valence-electron chi connectivity index (χ3n) is 5.11. The van der Waals surface area contributed by atoms with E-state index in [-0.39, 0.29) is 25.0 Å². The van der Waals surface area contributed by atoms with E-state index in [1.54, 1.807) is 32.9 Å². The van der Waals surface area contributed by atoms with Crippen molar-refractivity contribution in [2.24, 2.45) is 5.92 Å². The number of ether oxygens (including phenoxy) is 2. The summed E-state index contributed by atoms with van der Waals surface area (Å²) in [6.07, 6.45) is 5.47. The second-order valence-corrected chi connectivity index (χ2v) is 8.75. The summed E-state index contributed by atoms with van der Waals surface area (Å²) in [6, 6.07) is 7.20. The molecular weight excluding hydrogens is 384 g/mol. The van der Waals surface area contributed by atoms with Crippen LogP contribution < -0.4 is 10.2 Å². The average Bonchev–Trinajstić information content (AvgIpc) is 2.68. The highest BCUT2D eigenvalue weighted by Crippen LogP contribution is 2.29. The lowest BCUT2D eigenvalue weighted by Crippen LogP contribution is -2.44. The number of amides is 2. The maximum atomic E-state index is 13.2. The van der Waals surface area contributed by atoms with Crippen molar-refractivity contribution < 1.29 is 23.9 Å². The van der Waals surface area contributed by atoms with Crippen LogP contribution in [0.5, 0.6) is 0 Å². The summed E-state index contributed by atoms with van der Waals surface area (Å²) < 4.78 is 10.1. The Hall–Kier alpha value is -2.57. The number of methoxy groups -OCH3 is 1. The highest BCUT2D eigenvalue weighted by atomic mass is 16.6. The zero-order valence-electron chi connectivity index (χ0n) is 18.5. The van der Waals surface area contributed by atoms with Gasteiger partial charge in [0.05, 0.1) is 13.5 Å². The molecule has 0 heterocycles. The summed E-state index contributed by atoms with van der Waals surface area (Å²) in [5.41, 5.74) is 0.635. The Morgan fingerprint density at radius 2 is 1.77 bits per heavy atom. The number of nitrogens with one attached hydrogen (secondary N) is 1. The fraction of sp³-hybridized carbons (Fsp3) is 0.609. The Bertz CT molecular complexity index is 735. The molecule has 1 aromatic rings. The van der Waals surface area contributed by atoms with E-state index in [0.717, 1.165) is 25.7 Å². The Morgan fingerprint density at radius 3 is 2.40 bits per heavy atom. The summed E-state index contributed by atoms with van der Waals surface area (Å²) in [4.78, 5) is 38.8. The predicted molar refractivity (Wildman–Crippen MR) is 115 cm³/mol. The highest BCUT2D eigenvalue weighted by Gasteiger charge is 2.25. The number of esters is 1. The lowest BCUT2D eigenvalue weighted by atomic mass is 9.86. The van der Waals surface area contributed by atoms with Gasteiger partial charge in [0.1, 0.15) is 12.3 Å². The van der Waals surface area contributed by atoms with Gasteiger partial charge in [-0.15, -0.1) is 0 Å². The number of hydrogen-bond donors (Lipinski definition) is 1. The van der Waals surface area contributed by atoms with Crippen LogP contribution in [0.4, 0.5) is 10.5 Å². The Labute approximate surface area is 179 Å². The summed E-state index contributed by atoms with van der Waals surface area (Å²) >= 11 is 0. The van der Waals surface area contributed by atoms with Crippen LogP contribution in [0.3, 0.4) is 0 Å². The van der Waals surface area contributed by atoms with E-state index >= 15 is 0 Å². The SMILES string of the molecule is COC(=O)Cc1ccccc1N(CNC(=O)OC(C)(C)C)C(=O)CC1CCCCC1. The molecule has 7 nitrogen and oxygen atoms in total. The van der Waals surface area contributed by atoms with Crippen molar-refractivity contribution in [1.82, 2.24) is 5.32 Å². The molecule has 0 radical (unpaired) electrons. The monoisotopic (exact) mass is 418 g/mol. The van der Waals surface area contributed by atoms with Gasteiger partial charge in [-0.25, -0.2) is 4.79 Å². The molecule has 0 aliphatic heterocycles. The third-order valence-corrected chi connectivity index (χ3v) is 5.11. The predicted octanol–water partition coefficient (Wildman–Crippen LogP) is 4.19. The number of alkyl carbamates (subject to hydrolysis) is 1. The first kappa shape index (κ1) is 23.7. The van der Waals surface area contributed by atoms with Crippen LogP contribution in [0.25, 0.3) is 0 Å². The van der Waals surface area contributed by atoms with Gasteiger partial charge in [0.15, 0.2) is 0 Å². The molecule has 2 rings (SSSR count). The lowest BCUT2D eigenvalue weighted by molar-refractivity contribution is -0.139. The van der Waals surface area contributed by atoms with Crippen LogP contribution in [0, 0.1) is 5.92 Å². The Kier molecular flexibility index (Phi) is 8.69. The van der Waals surface area contributed by atoms with Gasteiger partial charge in [-0.1, -0.05) is 37.5 Å². The quantitative estimate of drug-likeness (QED) is 0.530. The van der Waals surface area contributed by atoms with Crippen LogP contribution in [0.15, 0.2) is 24.3 Å². The molecule has 166 valence electrons. The normalized spacial score (nSPS) is 14.7. The number of nitrogens with zero attached hydrogens (tertiary/aromatic N) is 1. The number of benzene rings is 1. The van der Waals surface area contributed by atoms with Crippen molar-refractivity contribution in [3.63, 3.8) is 0 Å². The molecule has 0 spiro atoms. The van der Waals surface area contributed by atoms with Crippen molar-refractivity contribution in [2.75, 3.05) is 18.7 Å². The third kappa shape index (κ3) is 7.69. The number of para-hydroxylation sites is 1. The van der Waals surface area contributed by atoms with E-state index in [0.29, 0.717) is 23.6 Å². The van der Waals surface area contributed by atoms with Crippen molar-refractivity contribution in [3.8, 4) is 0 Å². The van der Waals surface area contributed by atoms with Gasteiger partial charge >= 0.3 is 12.1 Å². The van der Waals surface area contributed by atoms with Gasteiger partial charge in [0.25, 0.3) is 0 Å². The number of rotatable bonds is 7. The summed E-state index contributed by atoms with van der Waals surface area (Å²) in [5, 5.41) is 2.68. The molecule has 1 fully saturated rings. The summed E-state index contributed by atoms with van der Waals surface area (Å²) in [7, 11) is 1.33. The number of carbonyl (C=O) groups excluding carboxylic acids is 3. The minimum absolute atomic E-state index is 0.0291. The van der Waals surface area contributed by atoms with E-state index in [1.165, 1.54) is 18.4 Å². The molecule has 1 aliphatic carbocycles. The molecule has 0 unspecified atom stereocenters. The number of hydrogen-bond acceptors (Lipinski definition) is 5. The van der Waals surface area contributed by atoms with Crippen LogP contribution in [-0.2, 0) is 25.5 Å². The first-order chi connectivity index (χ1) is 14.2. The summed E-state index contributed by atoms with van der Waals surface area (Å²) in [5.74, 6) is -0.111. The zero-order chi connectivity index (χ0) is 22.1. The minimum Gasteiger partial charge on any atom is -0.469 e. The van der Waals surface area contributed by atoms with Gasteiger partial charge in [-0.05, 0) is 51.2 Å². The minimum atomic E-state index is -0.635. The fourth-order valence-electron chi connectivity index (χ4n) is 3.67. The zero-order valence-corrected chi connectivity index (χ0v) is 18.5. The van der Waals surface area contributed by atoms with Crippen LogP contribution >= 0.6 is 0 Å². The lowest BCUT2D eigenvalue weighted by Gasteiger charge is -2.29. The molecule has 1 aromatic carbocycles. The Morgan fingerprint density at radius 1 is 1.10 bits per heavy atom. The van der Waals surface area contributed by atoms with Crippen molar-refractivity contribution in [1.29, 1.82) is 0 Å². The topological polar surface area (TPSA) is 84.9 Å². The van der Waals surface area contributed by atoms with E-state index < -0.39 is 11.7 Å². The molecule has 2 amide bonds. The smallest absolute Gasteiger partial charge is 0.409 e. The second kappa shape index (κ2) is 11.0. The molecular formula is C23H34N2O5. The maximum absolute atomic E-state index is 13.2. The molecule has 1 aliphatic rings. The van der Waals surface area contributed by atoms with Crippen molar-refractivity contribution in [2.45, 2.75) is 71.3 Å². The van der Waals surface area contributed by atoms with Crippen LogP contribution in [0.2, 0.25) is 0 Å². The Balaban J connectivity index is 2.21. The standard InChI is InChI=1S/C23H34N2O5/c1-23(2,3)30-22(28)24-16-25(20(26)14-17-10-6-5-7-11-17)19-13-9-8-12-18(19)15-21(27)29-4/h8-9,12-13,17H,5-7,10-11,14-16H2,1-4H3,(H,24,28). The summed E-state index contributed by atoms with van der Waals surface area (Å²) in [6.45, 7) is 5.32.